The Kier molecular flexibility index (Phi) is 4.86. The number of carbonyl (C=O) groups is 1. The van der Waals surface area contributed by atoms with Crippen LogP contribution in [0.5, 0.6) is 5.75 Å². The number of carbonyl (C=O) groups excluding carboxylic acids is 1. The van der Waals surface area contributed by atoms with Gasteiger partial charge in [0.25, 0.3) is 0 Å². The minimum Gasteiger partial charge on any atom is -0.496 e. The molecule has 0 aliphatic carbocycles. The van der Waals surface area contributed by atoms with Crippen molar-refractivity contribution in [2.24, 2.45) is 0 Å². The Hall–Kier alpha value is -1.48. The first-order valence-corrected chi connectivity index (χ1v) is 5.23. The van der Waals surface area contributed by atoms with Gasteiger partial charge in [0.15, 0.2) is 0 Å². The Morgan fingerprint density at radius 3 is 2.88 bits per heavy atom. The van der Waals surface area contributed by atoms with Crippen molar-refractivity contribution in [2.45, 2.75) is 6.92 Å². The molecule has 16 heavy (non-hydrogen) atoms. The van der Waals surface area contributed by atoms with Gasteiger partial charge in [0.2, 0.25) is 0 Å². The summed E-state index contributed by atoms with van der Waals surface area (Å²) in [5.41, 5.74) is 0.778. The van der Waals surface area contributed by atoms with Crippen LogP contribution in [0.1, 0.15) is 12.5 Å². The Morgan fingerprint density at radius 2 is 2.25 bits per heavy atom. The van der Waals surface area contributed by atoms with Gasteiger partial charge in [-0.3, -0.25) is 0 Å². The number of esters is 1. The molecule has 0 atom stereocenters. The summed E-state index contributed by atoms with van der Waals surface area (Å²) in [7, 11) is 1.55. The van der Waals surface area contributed by atoms with Crippen LogP contribution in [0.3, 0.4) is 0 Å². The van der Waals surface area contributed by atoms with Gasteiger partial charge in [-0.1, -0.05) is 11.6 Å². The Morgan fingerprint density at radius 1 is 1.50 bits per heavy atom. The molecule has 4 heteroatoms. The van der Waals surface area contributed by atoms with E-state index < -0.39 is 0 Å². The minimum absolute atomic E-state index is 0.362. The lowest BCUT2D eigenvalue weighted by atomic mass is 10.2. The molecule has 0 fully saturated rings. The lowest BCUT2D eigenvalue weighted by Crippen LogP contribution is -1.98. The maximum Gasteiger partial charge on any atom is 0.330 e. The average molecular weight is 241 g/mol. The van der Waals surface area contributed by atoms with Crippen molar-refractivity contribution in [3.63, 3.8) is 0 Å². The molecule has 1 aromatic carbocycles. The van der Waals surface area contributed by atoms with E-state index in [4.69, 9.17) is 21.1 Å². The highest BCUT2D eigenvalue weighted by Gasteiger charge is 2.01. The van der Waals surface area contributed by atoms with E-state index in [1.165, 1.54) is 6.08 Å². The number of methoxy groups -OCH3 is 1. The summed E-state index contributed by atoms with van der Waals surface area (Å²) in [4.78, 5) is 11.1. The van der Waals surface area contributed by atoms with E-state index in [0.29, 0.717) is 17.4 Å². The minimum atomic E-state index is -0.375. The van der Waals surface area contributed by atoms with Crippen LogP contribution in [0.4, 0.5) is 0 Å². The number of hydrogen-bond donors (Lipinski definition) is 0. The van der Waals surface area contributed by atoms with Crippen LogP contribution in [0.2, 0.25) is 5.02 Å². The molecule has 0 aromatic heterocycles. The van der Waals surface area contributed by atoms with Gasteiger partial charge in [0.05, 0.1) is 13.7 Å². The van der Waals surface area contributed by atoms with Crippen molar-refractivity contribution in [1.29, 1.82) is 0 Å². The number of hydrogen-bond acceptors (Lipinski definition) is 3. The van der Waals surface area contributed by atoms with E-state index in [1.54, 1.807) is 38.3 Å². The average Bonchev–Trinajstić information content (AvgIpc) is 2.27. The summed E-state index contributed by atoms with van der Waals surface area (Å²) < 4.78 is 9.90. The largest absolute Gasteiger partial charge is 0.496 e. The van der Waals surface area contributed by atoms with Crippen LogP contribution in [-0.4, -0.2) is 19.7 Å². The summed E-state index contributed by atoms with van der Waals surface area (Å²) in [6, 6.07) is 5.19. The molecule has 0 N–H and O–H groups in total. The highest BCUT2D eigenvalue weighted by Crippen LogP contribution is 2.24. The fourth-order valence-corrected chi connectivity index (χ4v) is 1.33. The van der Waals surface area contributed by atoms with Gasteiger partial charge in [-0.2, -0.15) is 0 Å². The Balaban J connectivity index is 2.84. The molecule has 3 nitrogen and oxygen atoms in total. The first-order valence-electron chi connectivity index (χ1n) is 4.85. The van der Waals surface area contributed by atoms with Gasteiger partial charge in [0.1, 0.15) is 5.75 Å². The van der Waals surface area contributed by atoms with Gasteiger partial charge in [-0.15, -0.1) is 0 Å². The Labute approximate surface area is 99.6 Å². The molecular formula is C12H13ClO3. The van der Waals surface area contributed by atoms with Crippen molar-refractivity contribution in [3.05, 3.63) is 34.9 Å². The predicted molar refractivity (Wildman–Crippen MR) is 63.7 cm³/mol. The maximum absolute atomic E-state index is 11.1. The molecule has 0 bridgehead atoms. The molecule has 0 amide bonds. The molecule has 0 aliphatic heterocycles. The zero-order chi connectivity index (χ0) is 12.0. The summed E-state index contributed by atoms with van der Waals surface area (Å²) in [6.45, 7) is 2.12. The number of ether oxygens (including phenoxy) is 2. The maximum atomic E-state index is 11.1. The monoisotopic (exact) mass is 240 g/mol. The van der Waals surface area contributed by atoms with Gasteiger partial charge in [-0.25, -0.2) is 4.79 Å². The number of benzene rings is 1. The first-order chi connectivity index (χ1) is 7.67. The molecule has 0 saturated heterocycles. The molecule has 0 aliphatic rings. The summed E-state index contributed by atoms with van der Waals surface area (Å²) in [5, 5.41) is 0.588. The molecule has 0 radical (unpaired) electrons. The molecule has 86 valence electrons. The molecule has 1 rings (SSSR count). The van der Waals surface area contributed by atoms with E-state index in [9.17, 15) is 4.79 Å². The summed E-state index contributed by atoms with van der Waals surface area (Å²) in [5.74, 6) is 0.243. The lowest BCUT2D eigenvalue weighted by molar-refractivity contribution is -0.137. The van der Waals surface area contributed by atoms with E-state index in [1.807, 2.05) is 0 Å². The second kappa shape index (κ2) is 6.18. The second-order valence-electron chi connectivity index (χ2n) is 2.97. The third-order valence-corrected chi connectivity index (χ3v) is 2.12. The third kappa shape index (κ3) is 3.59. The standard InChI is InChI=1S/C12H13ClO3/c1-3-16-12(14)7-5-9-4-6-10(13)8-11(9)15-2/h4-8H,3H2,1-2H3/b7-5+. The zero-order valence-corrected chi connectivity index (χ0v) is 9.95. The van der Waals surface area contributed by atoms with Crippen LogP contribution < -0.4 is 4.74 Å². The molecule has 0 spiro atoms. The van der Waals surface area contributed by atoms with Crippen LogP contribution in [0, 0.1) is 0 Å². The zero-order valence-electron chi connectivity index (χ0n) is 9.20. The summed E-state index contributed by atoms with van der Waals surface area (Å²) >= 11 is 5.81. The topological polar surface area (TPSA) is 35.5 Å². The molecule has 0 saturated carbocycles. The molecular weight excluding hydrogens is 228 g/mol. The quantitative estimate of drug-likeness (QED) is 0.600. The first kappa shape index (κ1) is 12.6. The van der Waals surface area contributed by atoms with Crippen molar-refractivity contribution in [3.8, 4) is 5.75 Å². The van der Waals surface area contributed by atoms with E-state index in [0.717, 1.165) is 5.56 Å². The number of rotatable bonds is 4. The smallest absolute Gasteiger partial charge is 0.330 e. The second-order valence-corrected chi connectivity index (χ2v) is 3.41. The molecule has 0 heterocycles. The van der Waals surface area contributed by atoms with Crippen molar-refractivity contribution in [1.82, 2.24) is 0 Å². The predicted octanol–water partition coefficient (Wildman–Crippen LogP) is 2.92. The van der Waals surface area contributed by atoms with Gasteiger partial charge in [0, 0.05) is 16.7 Å². The summed E-state index contributed by atoms with van der Waals surface area (Å²) in [6.07, 6.45) is 2.99. The van der Waals surface area contributed by atoms with Crippen LogP contribution in [-0.2, 0) is 9.53 Å². The fourth-order valence-electron chi connectivity index (χ4n) is 1.17. The van der Waals surface area contributed by atoms with Gasteiger partial charge >= 0.3 is 5.97 Å². The van der Waals surface area contributed by atoms with Crippen LogP contribution >= 0.6 is 11.6 Å². The Bertz CT molecular complexity index is 399. The van der Waals surface area contributed by atoms with E-state index >= 15 is 0 Å². The van der Waals surface area contributed by atoms with Crippen molar-refractivity contribution < 1.29 is 14.3 Å². The van der Waals surface area contributed by atoms with Crippen LogP contribution in [0.15, 0.2) is 24.3 Å². The molecule has 1 aromatic rings. The van der Waals surface area contributed by atoms with Gasteiger partial charge in [-0.05, 0) is 31.2 Å². The van der Waals surface area contributed by atoms with Crippen LogP contribution in [0.25, 0.3) is 6.08 Å². The van der Waals surface area contributed by atoms with Crippen molar-refractivity contribution in [2.75, 3.05) is 13.7 Å². The third-order valence-electron chi connectivity index (χ3n) is 1.88. The number of halogens is 1. The van der Waals surface area contributed by atoms with E-state index in [-0.39, 0.29) is 5.97 Å². The normalized spacial score (nSPS) is 10.4. The van der Waals surface area contributed by atoms with E-state index in [2.05, 4.69) is 0 Å². The SMILES string of the molecule is CCOC(=O)/C=C/c1ccc(Cl)cc1OC. The van der Waals surface area contributed by atoms with Gasteiger partial charge < -0.3 is 9.47 Å². The highest BCUT2D eigenvalue weighted by molar-refractivity contribution is 6.30. The lowest BCUT2D eigenvalue weighted by Gasteiger charge is -2.04. The van der Waals surface area contributed by atoms with Crippen molar-refractivity contribution >= 4 is 23.6 Å². The fraction of sp³-hybridized carbons (Fsp3) is 0.250. The molecule has 0 unspecified atom stereocenters. The highest BCUT2D eigenvalue weighted by atomic mass is 35.5.